The van der Waals surface area contributed by atoms with Crippen LogP contribution in [-0.4, -0.2) is 18.4 Å². The predicted molar refractivity (Wildman–Crippen MR) is 54.5 cm³/mol. The third-order valence-electron chi connectivity index (χ3n) is 3.40. The molecule has 1 N–H and O–H groups in total. The van der Waals surface area contributed by atoms with Crippen molar-refractivity contribution in [3.05, 3.63) is 0 Å². The van der Waals surface area contributed by atoms with Crippen LogP contribution in [0.25, 0.3) is 0 Å². The van der Waals surface area contributed by atoms with Gasteiger partial charge in [0.05, 0.1) is 0 Å². The second-order valence-corrected chi connectivity index (χ2v) is 9.62. The Hall–Kier alpha value is -0.263. The molecule has 2 heteroatoms. The molecular formula is C10H18OSi. The molecule has 1 aliphatic rings. The lowest BCUT2D eigenvalue weighted by molar-refractivity contribution is 0.101. The Labute approximate surface area is 76.2 Å². The first-order chi connectivity index (χ1) is 5.44. The lowest BCUT2D eigenvalue weighted by Gasteiger charge is -2.45. The van der Waals surface area contributed by atoms with Crippen LogP contribution in [0.3, 0.4) is 0 Å². The van der Waals surface area contributed by atoms with E-state index in [9.17, 15) is 5.11 Å². The van der Waals surface area contributed by atoms with E-state index in [2.05, 4.69) is 25.9 Å². The molecule has 0 aromatic heterocycles. The highest BCUT2D eigenvalue weighted by Crippen LogP contribution is 2.39. The molecule has 68 valence electrons. The van der Waals surface area contributed by atoms with Crippen molar-refractivity contribution in [3.8, 4) is 12.3 Å². The summed E-state index contributed by atoms with van der Waals surface area (Å²) in [6, 6.07) is 1.16. The van der Waals surface area contributed by atoms with Gasteiger partial charge in [0.25, 0.3) is 0 Å². The fourth-order valence-electron chi connectivity index (χ4n) is 2.25. The molecule has 0 aliphatic carbocycles. The van der Waals surface area contributed by atoms with Gasteiger partial charge >= 0.3 is 0 Å². The number of aliphatic hydroxyl groups is 1. The normalized spacial score (nSPS) is 40.4. The van der Waals surface area contributed by atoms with Crippen LogP contribution >= 0.6 is 0 Å². The van der Waals surface area contributed by atoms with Crippen LogP contribution in [0.1, 0.15) is 19.8 Å². The second kappa shape index (κ2) is 2.90. The van der Waals surface area contributed by atoms with Crippen LogP contribution in [0.15, 0.2) is 0 Å². The molecule has 0 radical (unpaired) electrons. The quantitative estimate of drug-likeness (QED) is 0.449. The lowest BCUT2D eigenvalue weighted by atomic mass is 9.98. The Balaban J connectivity index is 2.98. The molecule has 0 spiro atoms. The molecule has 1 fully saturated rings. The monoisotopic (exact) mass is 182 g/mol. The van der Waals surface area contributed by atoms with E-state index in [1.54, 1.807) is 0 Å². The fraction of sp³-hybridized carbons (Fsp3) is 0.800. The van der Waals surface area contributed by atoms with Crippen LogP contribution in [-0.2, 0) is 0 Å². The summed E-state index contributed by atoms with van der Waals surface area (Å²) in [6.07, 6.45) is 7.76. The molecule has 0 aromatic rings. The van der Waals surface area contributed by atoms with Gasteiger partial charge in [-0.3, -0.25) is 0 Å². The highest BCUT2D eigenvalue weighted by molar-refractivity contribution is 6.81. The van der Waals surface area contributed by atoms with E-state index < -0.39 is 13.3 Å². The molecule has 0 saturated carbocycles. The maximum atomic E-state index is 10.3. The van der Waals surface area contributed by atoms with Gasteiger partial charge in [0.2, 0.25) is 0 Å². The number of hydrogen-bond donors (Lipinski definition) is 1. The zero-order chi connectivity index (χ0) is 9.41. The largest absolute Gasteiger partial charge is 0.381 e. The minimum Gasteiger partial charge on any atom is -0.381 e. The highest BCUT2D eigenvalue weighted by Gasteiger charge is 2.49. The third-order valence-corrected chi connectivity index (χ3v) is 7.71. The predicted octanol–water partition coefficient (Wildman–Crippen LogP) is 2.03. The Morgan fingerprint density at radius 3 is 2.50 bits per heavy atom. The molecule has 1 aliphatic heterocycles. The van der Waals surface area contributed by atoms with Gasteiger partial charge in [-0.1, -0.05) is 38.4 Å². The Kier molecular flexibility index (Phi) is 2.37. The van der Waals surface area contributed by atoms with Gasteiger partial charge in [-0.15, -0.1) is 6.42 Å². The van der Waals surface area contributed by atoms with Gasteiger partial charge in [-0.25, -0.2) is 0 Å². The zero-order valence-corrected chi connectivity index (χ0v) is 9.22. The fourth-order valence-corrected chi connectivity index (χ4v) is 5.59. The molecule has 2 unspecified atom stereocenters. The summed E-state index contributed by atoms with van der Waals surface area (Å²) in [5.74, 6) is 2.93. The standard InChI is InChI=1S/C10H18OSi/c1-5-10(11)9(2)7-6-8-12(10,3)4/h1,9,11H,6-8H2,2-4H3. The molecule has 1 rings (SSSR count). The number of hydrogen-bond acceptors (Lipinski definition) is 1. The van der Waals surface area contributed by atoms with E-state index >= 15 is 0 Å². The summed E-state index contributed by atoms with van der Waals surface area (Å²) >= 11 is 0. The molecule has 12 heavy (non-hydrogen) atoms. The van der Waals surface area contributed by atoms with Crippen LogP contribution < -0.4 is 0 Å². The van der Waals surface area contributed by atoms with Crippen LogP contribution in [0.4, 0.5) is 0 Å². The topological polar surface area (TPSA) is 20.2 Å². The van der Waals surface area contributed by atoms with Crippen molar-refractivity contribution in [3.63, 3.8) is 0 Å². The molecule has 1 heterocycles. The van der Waals surface area contributed by atoms with Crippen molar-refractivity contribution in [2.75, 3.05) is 0 Å². The molecule has 1 nitrogen and oxygen atoms in total. The van der Waals surface area contributed by atoms with Crippen molar-refractivity contribution < 1.29 is 5.11 Å². The van der Waals surface area contributed by atoms with Gasteiger partial charge in [-0.2, -0.15) is 0 Å². The maximum absolute atomic E-state index is 10.3. The van der Waals surface area contributed by atoms with Gasteiger partial charge in [0.1, 0.15) is 13.3 Å². The van der Waals surface area contributed by atoms with Crippen LogP contribution in [0, 0.1) is 18.3 Å². The minimum absolute atomic E-state index is 0.290. The Bertz CT molecular complexity index is 216. The SMILES string of the molecule is C#CC1(O)C(C)CCC[Si]1(C)C. The average molecular weight is 182 g/mol. The van der Waals surface area contributed by atoms with Gasteiger partial charge in [0.15, 0.2) is 0 Å². The van der Waals surface area contributed by atoms with E-state index in [-0.39, 0.29) is 5.92 Å². The smallest absolute Gasteiger partial charge is 0.114 e. The first kappa shape index (κ1) is 9.82. The summed E-state index contributed by atoms with van der Waals surface area (Å²) in [7, 11) is -1.59. The molecule has 1 saturated heterocycles. The van der Waals surface area contributed by atoms with E-state index in [0.29, 0.717) is 0 Å². The Morgan fingerprint density at radius 1 is 1.58 bits per heavy atom. The van der Waals surface area contributed by atoms with Gasteiger partial charge in [-0.05, 0) is 12.3 Å². The zero-order valence-electron chi connectivity index (χ0n) is 8.22. The second-order valence-electron chi connectivity index (χ2n) is 4.59. The van der Waals surface area contributed by atoms with E-state index in [1.807, 2.05) is 0 Å². The van der Waals surface area contributed by atoms with Crippen LogP contribution in [0.2, 0.25) is 19.1 Å². The average Bonchev–Trinajstić information content (AvgIpc) is 2.00. The number of rotatable bonds is 0. The van der Waals surface area contributed by atoms with Crippen LogP contribution in [0.5, 0.6) is 0 Å². The molecule has 0 amide bonds. The van der Waals surface area contributed by atoms with Crippen molar-refractivity contribution >= 4 is 8.07 Å². The van der Waals surface area contributed by atoms with Gasteiger partial charge < -0.3 is 5.11 Å². The van der Waals surface area contributed by atoms with Crippen molar-refractivity contribution in [2.24, 2.45) is 5.92 Å². The first-order valence-corrected chi connectivity index (χ1v) is 7.85. The third kappa shape index (κ3) is 1.21. The van der Waals surface area contributed by atoms with E-state index in [1.165, 1.54) is 6.42 Å². The maximum Gasteiger partial charge on any atom is 0.114 e. The van der Waals surface area contributed by atoms with Crippen molar-refractivity contribution in [1.82, 2.24) is 0 Å². The summed E-state index contributed by atoms with van der Waals surface area (Å²) in [5, 5.41) is 9.54. The van der Waals surface area contributed by atoms with Gasteiger partial charge in [0, 0.05) is 0 Å². The van der Waals surface area contributed by atoms with Crippen molar-refractivity contribution in [2.45, 2.75) is 44.1 Å². The molecular weight excluding hydrogens is 164 g/mol. The number of terminal acetylenes is 1. The lowest BCUT2D eigenvalue weighted by Crippen LogP contribution is -2.59. The minimum atomic E-state index is -1.59. The summed E-state index contributed by atoms with van der Waals surface area (Å²) in [5.41, 5.74) is 0. The van der Waals surface area contributed by atoms with Crippen molar-refractivity contribution in [1.29, 1.82) is 0 Å². The van der Waals surface area contributed by atoms with E-state index in [4.69, 9.17) is 6.42 Å². The molecule has 0 aromatic carbocycles. The first-order valence-electron chi connectivity index (χ1n) is 4.64. The highest BCUT2D eigenvalue weighted by atomic mass is 28.3. The van der Waals surface area contributed by atoms with E-state index in [0.717, 1.165) is 12.5 Å². The summed E-state index contributed by atoms with van der Waals surface area (Å²) < 4.78 is 0. The molecule has 0 bridgehead atoms. The summed E-state index contributed by atoms with van der Waals surface area (Å²) in [4.78, 5) is 0. The molecule has 2 atom stereocenters. The summed E-state index contributed by atoms with van der Waals surface area (Å²) in [6.45, 7) is 6.47. The Morgan fingerprint density at radius 2 is 2.17 bits per heavy atom.